The highest BCUT2D eigenvalue weighted by Gasteiger charge is 2.16. The summed E-state index contributed by atoms with van der Waals surface area (Å²) in [6.45, 7) is 6.16. The lowest BCUT2D eigenvalue weighted by atomic mass is 9.99. The summed E-state index contributed by atoms with van der Waals surface area (Å²) in [7, 11) is 1.71. The van der Waals surface area contributed by atoms with Gasteiger partial charge in [-0.15, -0.1) is 0 Å². The highest BCUT2D eigenvalue weighted by molar-refractivity contribution is 9.09. The SMILES string of the molecule is COc1c(C)cc(C(Br)c2ccc(C)cc2Cl)cc1C. The van der Waals surface area contributed by atoms with Gasteiger partial charge in [0.1, 0.15) is 5.75 Å². The first-order chi connectivity index (χ1) is 9.43. The van der Waals surface area contributed by atoms with E-state index in [1.54, 1.807) is 7.11 Å². The lowest BCUT2D eigenvalue weighted by Gasteiger charge is -2.17. The molecule has 0 aliphatic carbocycles. The number of halogens is 2. The molecule has 2 rings (SSSR count). The monoisotopic (exact) mass is 352 g/mol. The van der Waals surface area contributed by atoms with Crippen LogP contribution in [-0.2, 0) is 0 Å². The number of benzene rings is 2. The van der Waals surface area contributed by atoms with Crippen molar-refractivity contribution in [3.8, 4) is 5.75 Å². The minimum atomic E-state index is 0.0823. The highest BCUT2D eigenvalue weighted by atomic mass is 79.9. The van der Waals surface area contributed by atoms with Crippen LogP contribution in [0.2, 0.25) is 5.02 Å². The molecule has 0 fully saturated rings. The van der Waals surface area contributed by atoms with E-state index >= 15 is 0 Å². The molecule has 1 nitrogen and oxygen atoms in total. The number of hydrogen-bond donors (Lipinski definition) is 0. The molecule has 0 radical (unpaired) electrons. The second-order valence-electron chi connectivity index (χ2n) is 5.08. The molecule has 3 heteroatoms. The standard InChI is InChI=1S/C17H18BrClO/c1-10-5-6-14(15(19)7-10)16(18)13-8-11(2)17(20-4)12(3)9-13/h5-9,16H,1-4H3. The Morgan fingerprint density at radius 1 is 1.05 bits per heavy atom. The van der Waals surface area contributed by atoms with Crippen molar-refractivity contribution in [2.45, 2.75) is 25.6 Å². The second-order valence-corrected chi connectivity index (χ2v) is 6.40. The van der Waals surface area contributed by atoms with E-state index in [2.05, 4.69) is 54.0 Å². The van der Waals surface area contributed by atoms with Crippen LogP contribution in [0.1, 0.15) is 32.6 Å². The van der Waals surface area contributed by atoms with E-state index in [9.17, 15) is 0 Å². The van der Waals surface area contributed by atoms with E-state index in [4.69, 9.17) is 16.3 Å². The normalized spacial score (nSPS) is 12.3. The van der Waals surface area contributed by atoms with Crippen molar-refractivity contribution in [3.63, 3.8) is 0 Å². The van der Waals surface area contributed by atoms with Gasteiger partial charge in [-0.3, -0.25) is 0 Å². The third kappa shape index (κ3) is 3.02. The van der Waals surface area contributed by atoms with E-state index < -0.39 is 0 Å². The van der Waals surface area contributed by atoms with Crippen molar-refractivity contribution < 1.29 is 4.74 Å². The van der Waals surface area contributed by atoms with Crippen LogP contribution in [0.5, 0.6) is 5.75 Å². The van der Waals surface area contributed by atoms with Crippen LogP contribution in [0.4, 0.5) is 0 Å². The van der Waals surface area contributed by atoms with Gasteiger partial charge in [0.15, 0.2) is 0 Å². The maximum absolute atomic E-state index is 6.36. The number of hydrogen-bond acceptors (Lipinski definition) is 1. The lowest BCUT2D eigenvalue weighted by molar-refractivity contribution is 0.408. The van der Waals surface area contributed by atoms with E-state index in [1.807, 2.05) is 13.0 Å². The van der Waals surface area contributed by atoms with Gasteiger partial charge in [0, 0.05) is 5.02 Å². The molecule has 2 aromatic carbocycles. The van der Waals surface area contributed by atoms with Crippen LogP contribution in [-0.4, -0.2) is 7.11 Å². The molecule has 0 saturated carbocycles. The molecule has 0 bridgehead atoms. The third-order valence-electron chi connectivity index (χ3n) is 3.41. The third-order valence-corrected chi connectivity index (χ3v) is 4.76. The Labute approximate surface area is 134 Å². The van der Waals surface area contributed by atoms with Crippen LogP contribution in [0.25, 0.3) is 0 Å². The van der Waals surface area contributed by atoms with Gasteiger partial charge in [0.25, 0.3) is 0 Å². The zero-order valence-electron chi connectivity index (χ0n) is 12.1. The van der Waals surface area contributed by atoms with Gasteiger partial charge >= 0.3 is 0 Å². The van der Waals surface area contributed by atoms with E-state index in [0.29, 0.717) is 0 Å². The fourth-order valence-electron chi connectivity index (χ4n) is 2.47. The number of ether oxygens (including phenoxy) is 1. The minimum absolute atomic E-state index is 0.0823. The summed E-state index contributed by atoms with van der Waals surface area (Å²) < 4.78 is 5.41. The zero-order valence-corrected chi connectivity index (χ0v) is 14.5. The molecule has 0 heterocycles. The van der Waals surface area contributed by atoms with Crippen LogP contribution in [0.3, 0.4) is 0 Å². The fraction of sp³-hybridized carbons (Fsp3) is 0.294. The minimum Gasteiger partial charge on any atom is -0.496 e. The van der Waals surface area contributed by atoms with E-state index in [0.717, 1.165) is 27.5 Å². The second kappa shape index (κ2) is 6.19. The highest BCUT2D eigenvalue weighted by Crippen LogP contribution is 2.38. The molecular formula is C17H18BrClO. The maximum Gasteiger partial charge on any atom is 0.124 e. The lowest BCUT2D eigenvalue weighted by Crippen LogP contribution is -1.98. The predicted molar refractivity (Wildman–Crippen MR) is 89.4 cm³/mol. The van der Waals surface area contributed by atoms with Gasteiger partial charge in [-0.2, -0.15) is 0 Å². The van der Waals surface area contributed by atoms with Gasteiger partial charge < -0.3 is 4.74 Å². The Bertz CT molecular complexity index is 614. The molecule has 0 spiro atoms. The first-order valence-electron chi connectivity index (χ1n) is 6.49. The van der Waals surface area contributed by atoms with Gasteiger partial charge in [-0.05, 0) is 54.7 Å². The maximum atomic E-state index is 6.36. The van der Waals surface area contributed by atoms with E-state index in [-0.39, 0.29) is 4.83 Å². The Balaban J connectivity index is 2.45. The van der Waals surface area contributed by atoms with Crippen molar-refractivity contribution in [2.24, 2.45) is 0 Å². The molecule has 2 aromatic rings. The summed E-state index contributed by atoms with van der Waals surface area (Å²) in [5, 5.41) is 0.790. The van der Waals surface area contributed by atoms with Crippen molar-refractivity contribution in [1.29, 1.82) is 0 Å². The number of aryl methyl sites for hydroxylation is 3. The van der Waals surface area contributed by atoms with Crippen LogP contribution in [0, 0.1) is 20.8 Å². The van der Waals surface area contributed by atoms with Crippen LogP contribution >= 0.6 is 27.5 Å². The molecule has 0 N–H and O–H groups in total. The van der Waals surface area contributed by atoms with Gasteiger partial charge in [-0.25, -0.2) is 0 Å². The summed E-state index contributed by atoms with van der Waals surface area (Å²) in [4.78, 5) is 0.0823. The quantitative estimate of drug-likeness (QED) is 0.638. The Morgan fingerprint density at radius 3 is 2.15 bits per heavy atom. The van der Waals surface area contributed by atoms with Crippen molar-refractivity contribution in [1.82, 2.24) is 0 Å². The summed E-state index contributed by atoms with van der Waals surface area (Å²) in [5.41, 5.74) is 5.71. The van der Waals surface area contributed by atoms with Crippen molar-refractivity contribution in [3.05, 3.63) is 63.2 Å². The molecule has 0 aliphatic heterocycles. The van der Waals surface area contributed by atoms with Crippen molar-refractivity contribution >= 4 is 27.5 Å². The van der Waals surface area contributed by atoms with Gasteiger partial charge in [0.2, 0.25) is 0 Å². The largest absolute Gasteiger partial charge is 0.496 e. The molecule has 0 saturated heterocycles. The van der Waals surface area contributed by atoms with Gasteiger partial charge in [0.05, 0.1) is 11.9 Å². The van der Waals surface area contributed by atoms with Gasteiger partial charge in [-0.1, -0.05) is 51.8 Å². The summed E-state index contributed by atoms with van der Waals surface area (Å²) in [5.74, 6) is 0.948. The summed E-state index contributed by atoms with van der Waals surface area (Å²) in [6.07, 6.45) is 0. The van der Waals surface area contributed by atoms with Crippen molar-refractivity contribution in [2.75, 3.05) is 7.11 Å². The topological polar surface area (TPSA) is 9.23 Å². The predicted octanol–water partition coefficient (Wildman–Crippen LogP) is 5.76. The Morgan fingerprint density at radius 2 is 1.65 bits per heavy atom. The average Bonchev–Trinajstić information content (AvgIpc) is 2.37. The number of rotatable bonds is 3. The molecule has 1 unspecified atom stereocenters. The first kappa shape index (κ1) is 15.4. The molecule has 20 heavy (non-hydrogen) atoms. The van der Waals surface area contributed by atoms with E-state index in [1.165, 1.54) is 11.1 Å². The summed E-state index contributed by atoms with van der Waals surface area (Å²) in [6, 6.07) is 10.4. The van der Waals surface area contributed by atoms with Crippen LogP contribution in [0.15, 0.2) is 30.3 Å². The molecule has 1 atom stereocenters. The molecule has 0 amide bonds. The smallest absolute Gasteiger partial charge is 0.124 e. The fourth-order valence-corrected chi connectivity index (χ4v) is 3.61. The zero-order chi connectivity index (χ0) is 14.9. The first-order valence-corrected chi connectivity index (χ1v) is 7.78. The molecule has 106 valence electrons. The Hall–Kier alpha value is -0.990. The van der Waals surface area contributed by atoms with Crippen LogP contribution < -0.4 is 4.74 Å². The molecule has 0 aliphatic rings. The molecular weight excluding hydrogens is 336 g/mol. The number of alkyl halides is 1. The summed E-state index contributed by atoms with van der Waals surface area (Å²) >= 11 is 10.1. The number of methoxy groups -OCH3 is 1. The average molecular weight is 354 g/mol. The Kier molecular flexibility index (Phi) is 4.77. The molecule has 0 aromatic heterocycles.